The Morgan fingerprint density at radius 2 is 2.05 bits per heavy atom. The van der Waals surface area contributed by atoms with E-state index in [1.807, 2.05) is 30.5 Å². The predicted octanol–water partition coefficient (Wildman–Crippen LogP) is 3.80. The lowest BCUT2D eigenvalue weighted by atomic mass is 9.91. The van der Waals surface area contributed by atoms with E-state index in [0.717, 1.165) is 24.3 Å². The van der Waals surface area contributed by atoms with E-state index in [-0.39, 0.29) is 0 Å². The topological polar surface area (TPSA) is 38.9 Å². The van der Waals surface area contributed by atoms with E-state index in [2.05, 4.69) is 17.1 Å². The number of hydrogen-bond acceptors (Lipinski definition) is 2. The number of rotatable bonds is 6. The molecule has 2 rings (SSSR count). The third-order valence-electron chi connectivity index (χ3n) is 3.34. The molecule has 1 atom stereocenters. The summed E-state index contributed by atoms with van der Waals surface area (Å²) in [6, 6.07) is 12.2. The molecule has 0 radical (unpaired) electrons. The van der Waals surface area contributed by atoms with Crippen molar-refractivity contribution in [1.29, 1.82) is 0 Å². The van der Waals surface area contributed by atoms with Crippen LogP contribution in [0.4, 0.5) is 0 Å². The maximum atomic E-state index is 6.01. The Hall–Kier alpha value is -1.38. The third-order valence-corrected chi connectivity index (χ3v) is 3.58. The first-order chi connectivity index (χ1) is 9.29. The van der Waals surface area contributed by atoms with Crippen molar-refractivity contribution >= 4 is 11.6 Å². The second kappa shape index (κ2) is 7.27. The van der Waals surface area contributed by atoms with Crippen molar-refractivity contribution in [3.63, 3.8) is 0 Å². The zero-order valence-corrected chi connectivity index (χ0v) is 11.7. The number of hydrogen-bond donors (Lipinski definition) is 1. The van der Waals surface area contributed by atoms with Crippen LogP contribution < -0.4 is 5.73 Å². The molecule has 0 aliphatic carbocycles. The maximum absolute atomic E-state index is 6.01. The highest BCUT2D eigenvalue weighted by molar-refractivity contribution is 6.30. The summed E-state index contributed by atoms with van der Waals surface area (Å²) in [5, 5.41) is 0.800. The molecule has 1 aromatic carbocycles. The van der Waals surface area contributed by atoms with Gasteiger partial charge in [-0.1, -0.05) is 29.8 Å². The molecule has 1 heterocycles. The molecule has 0 aliphatic rings. The highest BCUT2D eigenvalue weighted by Crippen LogP contribution is 2.24. The van der Waals surface area contributed by atoms with Crippen molar-refractivity contribution in [3.05, 3.63) is 64.9 Å². The Morgan fingerprint density at radius 3 is 2.74 bits per heavy atom. The van der Waals surface area contributed by atoms with Crippen molar-refractivity contribution in [2.45, 2.75) is 25.2 Å². The van der Waals surface area contributed by atoms with Crippen molar-refractivity contribution in [2.75, 3.05) is 6.54 Å². The normalized spacial score (nSPS) is 12.3. The SMILES string of the molecule is NCCC(CCc1cccc(Cl)c1)c1cccnc1. The summed E-state index contributed by atoms with van der Waals surface area (Å²) >= 11 is 6.01. The smallest absolute Gasteiger partial charge is 0.0408 e. The van der Waals surface area contributed by atoms with Crippen LogP contribution >= 0.6 is 11.6 Å². The summed E-state index contributed by atoms with van der Waals surface area (Å²) < 4.78 is 0. The standard InChI is InChI=1S/C16H19ClN2/c17-16-5-1-3-13(11-16)6-7-14(8-9-18)15-4-2-10-19-12-15/h1-5,10-12,14H,6-9,18H2. The van der Waals surface area contributed by atoms with E-state index in [4.69, 9.17) is 17.3 Å². The molecule has 3 heteroatoms. The zero-order chi connectivity index (χ0) is 13.5. The van der Waals surface area contributed by atoms with Crippen molar-refractivity contribution in [1.82, 2.24) is 4.98 Å². The molecular formula is C16H19ClN2. The summed E-state index contributed by atoms with van der Waals surface area (Å²) in [4.78, 5) is 4.20. The zero-order valence-electron chi connectivity index (χ0n) is 10.9. The van der Waals surface area contributed by atoms with Crippen LogP contribution in [0.25, 0.3) is 0 Å². The second-order valence-corrected chi connectivity index (χ2v) is 5.17. The van der Waals surface area contributed by atoms with Crippen LogP contribution in [0.1, 0.15) is 29.9 Å². The highest BCUT2D eigenvalue weighted by Gasteiger charge is 2.11. The Kier molecular flexibility index (Phi) is 5.37. The van der Waals surface area contributed by atoms with Crippen molar-refractivity contribution < 1.29 is 0 Å². The minimum atomic E-state index is 0.470. The summed E-state index contributed by atoms with van der Waals surface area (Å²) in [7, 11) is 0. The van der Waals surface area contributed by atoms with Gasteiger partial charge >= 0.3 is 0 Å². The van der Waals surface area contributed by atoms with Gasteiger partial charge in [-0.25, -0.2) is 0 Å². The summed E-state index contributed by atoms with van der Waals surface area (Å²) in [5.41, 5.74) is 8.27. The molecule has 0 saturated heterocycles. The number of halogens is 1. The van der Waals surface area contributed by atoms with Crippen LogP contribution in [0.15, 0.2) is 48.8 Å². The molecule has 2 N–H and O–H groups in total. The Bertz CT molecular complexity index is 499. The average molecular weight is 275 g/mol. The molecule has 1 unspecified atom stereocenters. The molecular weight excluding hydrogens is 256 g/mol. The predicted molar refractivity (Wildman–Crippen MR) is 80.4 cm³/mol. The van der Waals surface area contributed by atoms with Gasteiger partial charge in [0.05, 0.1) is 0 Å². The quantitative estimate of drug-likeness (QED) is 0.870. The van der Waals surface area contributed by atoms with Crippen LogP contribution in [0.2, 0.25) is 5.02 Å². The van der Waals surface area contributed by atoms with Crippen LogP contribution in [0.3, 0.4) is 0 Å². The van der Waals surface area contributed by atoms with Gasteiger partial charge in [-0.05, 0) is 61.1 Å². The number of aryl methyl sites for hydroxylation is 1. The molecule has 2 nitrogen and oxygen atoms in total. The van der Waals surface area contributed by atoms with E-state index in [9.17, 15) is 0 Å². The average Bonchev–Trinajstić information content (AvgIpc) is 2.44. The first kappa shape index (κ1) is 14.0. The van der Waals surface area contributed by atoms with Crippen LogP contribution in [0.5, 0.6) is 0 Å². The van der Waals surface area contributed by atoms with Gasteiger partial charge in [-0.3, -0.25) is 4.98 Å². The Balaban J connectivity index is 2.01. The van der Waals surface area contributed by atoms with Gasteiger partial charge in [-0.2, -0.15) is 0 Å². The fourth-order valence-corrected chi connectivity index (χ4v) is 2.54. The maximum Gasteiger partial charge on any atom is 0.0408 e. The highest BCUT2D eigenvalue weighted by atomic mass is 35.5. The molecule has 2 aromatic rings. The monoisotopic (exact) mass is 274 g/mol. The minimum Gasteiger partial charge on any atom is -0.330 e. The number of benzene rings is 1. The van der Waals surface area contributed by atoms with Crippen LogP contribution in [-0.4, -0.2) is 11.5 Å². The fourth-order valence-electron chi connectivity index (χ4n) is 2.33. The van der Waals surface area contributed by atoms with Gasteiger partial charge in [0.25, 0.3) is 0 Å². The Labute approximate surface area is 119 Å². The largest absolute Gasteiger partial charge is 0.330 e. The number of aromatic nitrogens is 1. The minimum absolute atomic E-state index is 0.470. The number of nitrogens with zero attached hydrogens (tertiary/aromatic N) is 1. The fraction of sp³-hybridized carbons (Fsp3) is 0.312. The lowest BCUT2D eigenvalue weighted by Crippen LogP contribution is -2.08. The number of pyridine rings is 1. The molecule has 19 heavy (non-hydrogen) atoms. The van der Waals surface area contributed by atoms with Gasteiger partial charge < -0.3 is 5.73 Å². The molecule has 0 amide bonds. The van der Waals surface area contributed by atoms with E-state index < -0.39 is 0 Å². The first-order valence-corrected chi connectivity index (χ1v) is 7.02. The summed E-state index contributed by atoms with van der Waals surface area (Å²) in [6.07, 6.45) is 6.83. The molecule has 1 aromatic heterocycles. The first-order valence-electron chi connectivity index (χ1n) is 6.64. The molecule has 0 fully saturated rings. The van der Waals surface area contributed by atoms with Gasteiger partial charge in [-0.15, -0.1) is 0 Å². The van der Waals surface area contributed by atoms with Crippen molar-refractivity contribution in [2.24, 2.45) is 5.73 Å². The summed E-state index contributed by atoms with van der Waals surface area (Å²) in [5.74, 6) is 0.470. The van der Waals surface area contributed by atoms with Crippen LogP contribution in [0, 0.1) is 0 Å². The van der Waals surface area contributed by atoms with E-state index in [1.165, 1.54) is 11.1 Å². The van der Waals surface area contributed by atoms with E-state index >= 15 is 0 Å². The lowest BCUT2D eigenvalue weighted by Gasteiger charge is -2.16. The van der Waals surface area contributed by atoms with Crippen LogP contribution in [-0.2, 0) is 6.42 Å². The molecule has 100 valence electrons. The van der Waals surface area contributed by atoms with E-state index in [0.29, 0.717) is 12.5 Å². The van der Waals surface area contributed by atoms with Gasteiger partial charge in [0.15, 0.2) is 0 Å². The molecule has 0 saturated carbocycles. The molecule has 0 aliphatic heterocycles. The molecule has 0 bridgehead atoms. The van der Waals surface area contributed by atoms with Gasteiger partial charge in [0.1, 0.15) is 0 Å². The summed E-state index contributed by atoms with van der Waals surface area (Å²) in [6.45, 7) is 0.703. The molecule has 0 spiro atoms. The van der Waals surface area contributed by atoms with Gasteiger partial charge in [0.2, 0.25) is 0 Å². The van der Waals surface area contributed by atoms with E-state index in [1.54, 1.807) is 6.20 Å². The second-order valence-electron chi connectivity index (χ2n) is 4.73. The lowest BCUT2D eigenvalue weighted by molar-refractivity contribution is 0.582. The van der Waals surface area contributed by atoms with Gasteiger partial charge in [0, 0.05) is 17.4 Å². The Morgan fingerprint density at radius 1 is 1.16 bits per heavy atom. The third kappa shape index (κ3) is 4.34. The number of nitrogens with two attached hydrogens (primary N) is 1. The van der Waals surface area contributed by atoms with Crippen molar-refractivity contribution in [3.8, 4) is 0 Å².